The van der Waals surface area contributed by atoms with E-state index in [2.05, 4.69) is 15.9 Å². The second-order valence-corrected chi connectivity index (χ2v) is 5.24. The summed E-state index contributed by atoms with van der Waals surface area (Å²) in [4.78, 5) is 0. The van der Waals surface area contributed by atoms with Crippen molar-refractivity contribution in [2.24, 2.45) is 5.73 Å². The van der Waals surface area contributed by atoms with Gasteiger partial charge in [0.05, 0.1) is 9.50 Å². The van der Waals surface area contributed by atoms with Crippen LogP contribution in [0.2, 0.25) is 5.02 Å². The SMILES string of the molecule is NCCc1ccc(Oc2ccc(F)cc2Br)c(Cl)c1. The van der Waals surface area contributed by atoms with E-state index in [9.17, 15) is 4.39 Å². The lowest BCUT2D eigenvalue weighted by molar-refractivity contribution is 0.477. The third kappa shape index (κ3) is 3.69. The molecule has 0 atom stereocenters. The summed E-state index contributed by atoms with van der Waals surface area (Å²) in [7, 11) is 0. The number of hydrogen-bond donors (Lipinski definition) is 1. The van der Waals surface area contributed by atoms with Crippen LogP contribution in [0.1, 0.15) is 5.56 Å². The fourth-order valence-electron chi connectivity index (χ4n) is 1.63. The maximum Gasteiger partial charge on any atom is 0.146 e. The maximum atomic E-state index is 13.0. The lowest BCUT2D eigenvalue weighted by atomic mass is 10.1. The minimum atomic E-state index is -0.330. The molecular weight excluding hydrogens is 333 g/mol. The van der Waals surface area contributed by atoms with Gasteiger partial charge in [0, 0.05) is 0 Å². The lowest BCUT2D eigenvalue weighted by Gasteiger charge is -2.10. The van der Waals surface area contributed by atoms with Gasteiger partial charge in [-0.1, -0.05) is 17.7 Å². The molecule has 2 aromatic rings. The molecule has 0 amide bonds. The van der Waals surface area contributed by atoms with E-state index in [0.29, 0.717) is 27.5 Å². The number of halogens is 3. The van der Waals surface area contributed by atoms with Crippen LogP contribution in [0.4, 0.5) is 4.39 Å². The molecule has 0 bridgehead atoms. The van der Waals surface area contributed by atoms with Gasteiger partial charge in [0.15, 0.2) is 0 Å². The number of nitrogens with two attached hydrogens (primary N) is 1. The fourth-order valence-corrected chi connectivity index (χ4v) is 2.30. The maximum absolute atomic E-state index is 13.0. The van der Waals surface area contributed by atoms with Crippen molar-refractivity contribution in [3.63, 3.8) is 0 Å². The first kappa shape index (κ1) is 14.3. The normalized spacial score (nSPS) is 10.5. The van der Waals surface area contributed by atoms with Crippen molar-refractivity contribution in [2.45, 2.75) is 6.42 Å². The Morgan fingerprint density at radius 3 is 2.53 bits per heavy atom. The van der Waals surface area contributed by atoms with Crippen LogP contribution in [0.25, 0.3) is 0 Å². The van der Waals surface area contributed by atoms with Crippen molar-refractivity contribution >= 4 is 27.5 Å². The van der Waals surface area contributed by atoms with E-state index in [0.717, 1.165) is 12.0 Å². The van der Waals surface area contributed by atoms with Gasteiger partial charge >= 0.3 is 0 Å². The first-order valence-electron chi connectivity index (χ1n) is 5.71. The van der Waals surface area contributed by atoms with Gasteiger partial charge in [-0.15, -0.1) is 0 Å². The summed E-state index contributed by atoms with van der Waals surface area (Å²) in [6, 6.07) is 9.72. The van der Waals surface area contributed by atoms with E-state index in [1.807, 2.05) is 12.1 Å². The van der Waals surface area contributed by atoms with Gasteiger partial charge in [0.25, 0.3) is 0 Å². The lowest BCUT2D eigenvalue weighted by Crippen LogP contribution is -2.02. The molecule has 0 fully saturated rings. The Labute approximate surface area is 124 Å². The zero-order valence-electron chi connectivity index (χ0n) is 10.00. The highest BCUT2D eigenvalue weighted by Gasteiger charge is 2.08. The molecule has 0 heterocycles. The Bertz CT molecular complexity index is 592. The highest BCUT2D eigenvalue weighted by molar-refractivity contribution is 9.10. The average Bonchev–Trinajstić information content (AvgIpc) is 2.36. The smallest absolute Gasteiger partial charge is 0.146 e. The van der Waals surface area contributed by atoms with Crippen LogP contribution in [-0.4, -0.2) is 6.54 Å². The molecule has 0 aliphatic carbocycles. The Kier molecular flexibility index (Phi) is 4.80. The quantitative estimate of drug-likeness (QED) is 0.884. The zero-order chi connectivity index (χ0) is 13.8. The third-order valence-corrected chi connectivity index (χ3v) is 3.46. The van der Waals surface area contributed by atoms with Crippen LogP contribution < -0.4 is 10.5 Å². The predicted molar refractivity (Wildman–Crippen MR) is 78.4 cm³/mol. The summed E-state index contributed by atoms with van der Waals surface area (Å²) < 4.78 is 19.2. The standard InChI is InChI=1S/C14H12BrClFNO/c15-11-8-10(17)2-4-13(11)19-14-3-1-9(5-6-18)7-12(14)16/h1-4,7-8H,5-6,18H2. The summed E-state index contributed by atoms with van der Waals surface area (Å²) in [5.74, 6) is 0.702. The van der Waals surface area contributed by atoms with E-state index < -0.39 is 0 Å². The van der Waals surface area contributed by atoms with E-state index in [4.69, 9.17) is 22.1 Å². The monoisotopic (exact) mass is 343 g/mol. The Morgan fingerprint density at radius 1 is 1.16 bits per heavy atom. The van der Waals surface area contributed by atoms with Crippen LogP contribution in [0, 0.1) is 5.82 Å². The second kappa shape index (κ2) is 6.37. The van der Waals surface area contributed by atoms with Crippen LogP contribution in [0.15, 0.2) is 40.9 Å². The summed E-state index contributed by atoms with van der Waals surface area (Å²) in [6.07, 6.45) is 0.764. The van der Waals surface area contributed by atoms with Crippen molar-refractivity contribution in [3.05, 3.63) is 57.3 Å². The van der Waals surface area contributed by atoms with E-state index in [1.165, 1.54) is 12.1 Å². The van der Waals surface area contributed by atoms with Crippen molar-refractivity contribution in [1.29, 1.82) is 0 Å². The number of rotatable bonds is 4. The third-order valence-electron chi connectivity index (χ3n) is 2.54. The second-order valence-electron chi connectivity index (χ2n) is 3.98. The van der Waals surface area contributed by atoms with Crippen LogP contribution in [0.5, 0.6) is 11.5 Å². The summed E-state index contributed by atoms with van der Waals surface area (Å²) >= 11 is 9.39. The average molecular weight is 345 g/mol. The molecule has 0 aliphatic rings. The highest BCUT2D eigenvalue weighted by Crippen LogP contribution is 2.34. The van der Waals surface area contributed by atoms with E-state index in [-0.39, 0.29) is 5.82 Å². The van der Waals surface area contributed by atoms with Gasteiger partial charge in [0.1, 0.15) is 17.3 Å². The predicted octanol–water partition coefficient (Wildman–Crippen LogP) is 4.54. The highest BCUT2D eigenvalue weighted by atomic mass is 79.9. The molecule has 2 N–H and O–H groups in total. The Hall–Kier alpha value is -1.10. The summed E-state index contributed by atoms with van der Waals surface area (Å²) in [6.45, 7) is 0.569. The number of hydrogen-bond acceptors (Lipinski definition) is 2. The van der Waals surface area contributed by atoms with E-state index in [1.54, 1.807) is 12.1 Å². The minimum Gasteiger partial charge on any atom is -0.455 e. The number of benzene rings is 2. The molecule has 0 spiro atoms. The van der Waals surface area contributed by atoms with Gasteiger partial charge in [-0.05, 0) is 64.8 Å². The zero-order valence-corrected chi connectivity index (χ0v) is 12.3. The molecule has 100 valence electrons. The molecule has 0 aromatic heterocycles. The van der Waals surface area contributed by atoms with Gasteiger partial charge in [-0.2, -0.15) is 0 Å². The minimum absolute atomic E-state index is 0.330. The molecule has 0 radical (unpaired) electrons. The molecule has 0 aliphatic heterocycles. The molecule has 2 nitrogen and oxygen atoms in total. The number of ether oxygens (including phenoxy) is 1. The molecule has 2 aromatic carbocycles. The summed E-state index contributed by atoms with van der Waals surface area (Å²) in [5, 5.41) is 0.502. The Morgan fingerprint density at radius 2 is 1.89 bits per heavy atom. The molecule has 5 heteroatoms. The first-order chi connectivity index (χ1) is 9.10. The molecule has 0 saturated carbocycles. The molecule has 19 heavy (non-hydrogen) atoms. The molecule has 2 rings (SSSR count). The van der Waals surface area contributed by atoms with Gasteiger partial charge in [-0.25, -0.2) is 4.39 Å². The first-order valence-corrected chi connectivity index (χ1v) is 6.88. The van der Waals surface area contributed by atoms with Gasteiger partial charge < -0.3 is 10.5 Å². The molecule has 0 unspecified atom stereocenters. The summed E-state index contributed by atoms with van der Waals surface area (Å²) in [5.41, 5.74) is 6.54. The molecular formula is C14H12BrClFNO. The van der Waals surface area contributed by atoms with Crippen LogP contribution >= 0.6 is 27.5 Å². The van der Waals surface area contributed by atoms with Crippen LogP contribution in [0.3, 0.4) is 0 Å². The van der Waals surface area contributed by atoms with Crippen molar-refractivity contribution in [3.8, 4) is 11.5 Å². The van der Waals surface area contributed by atoms with Crippen molar-refractivity contribution < 1.29 is 9.13 Å². The van der Waals surface area contributed by atoms with Crippen LogP contribution in [-0.2, 0) is 6.42 Å². The van der Waals surface area contributed by atoms with Gasteiger partial charge in [-0.3, -0.25) is 0 Å². The fraction of sp³-hybridized carbons (Fsp3) is 0.143. The van der Waals surface area contributed by atoms with Gasteiger partial charge in [0.2, 0.25) is 0 Å². The topological polar surface area (TPSA) is 35.2 Å². The van der Waals surface area contributed by atoms with Crippen molar-refractivity contribution in [1.82, 2.24) is 0 Å². The van der Waals surface area contributed by atoms with Crippen molar-refractivity contribution in [2.75, 3.05) is 6.54 Å². The Balaban J connectivity index is 2.23. The van der Waals surface area contributed by atoms with E-state index >= 15 is 0 Å². The molecule has 0 saturated heterocycles. The largest absolute Gasteiger partial charge is 0.455 e.